The number of benzene rings is 1. The Bertz CT molecular complexity index is 826. The summed E-state index contributed by atoms with van der Waals surface area (Å²) in [4.78, 5) is 27.4. The topological polar surface area (TPSA) is 84.7 Å². The fourth-order valence-electron chi connectivity index (χ4n) is 5.73. The number of nitrogens with one attached hydrogen (secondary N) is 1. The number of hydrogen-bond donors (Lipinski definition) is 2. The lowest BCUT2D eigenvalue weighted by molar-refractivity contribution is -0.139. The molecule has 0 aromatic heterocycles. The molecule has 1 saturated carbocycles. The van der Waals surface area contributed by atoms with Crippen LogP contribution >= 0.6 is 0 Å². The van der Waals surface area contributed by atoms with Crippen LogP contribution in [0.3, 0.4) is 0 Å². The van der Waals surface area contributed by atoms with Crippen molar-refractivity contribution in [3.05, 3.63) is 47.7 Å². The highest BCUT2D eigenvalue weighted by molar-refractivity contribution is 5.94. The van der Waals surface area contributed by atoms with Crippen molar-refractivity contribution in [1.82, 2.24) is 10.2 Å². The molecule has 6 nitrogen and oxygen atoms in total. The monoisotopic (exact) mass is 367 g/mol. The molecule has 27 heavy (non-hydrogen) atoms. The van der Waals surface area contributed by atoms with E-state index in [9.17, 15) is 9.59 Å². The Morgan fingerprint density at radius 2 is 2.00 bits per heavy atom. The van der Waals surface area contributed by atoms with Crippen molar-refractivity contribution < 1.29 is 14.3 Å². The number of carbonyl (C=O) groups excluding carboxylic acids is 2. The van der Waals surface area contributed by atoms with Crippen LogP contribution in [0, 0.1) is 5.41 Å². The van der Waals surface area contributed by atoms with Crippen LogP contribution < -0.4 is 11.1 Å². The van der Waals surface area contributed by atoms with E-state index in [0.717, 1.165) is 25.1 Å². The van der Waals surface area contributed by atoms with Crippen molar-refractivity contribution in [3.63, 3.8) is 0 Å². The van der Waals surface area contributed by atoms with E-state index in [4.69, 9.17) is 10.5 Å². The Hall–Kier alpha value is -2.34. The summed E-state index contributed by atoms with van der Waals surface area (Å²) in [5.74, 6) is -0.486. The molecule has 1 aliphatic carbocycles. The van der Waals surface area contributed by atoms with E-state index in [0.29, 0.717) is 31.2 Å². The van der Waals surface area contributed by atoms with E-state index in [1.807, 2.05) is 24.3 Å². The minimum absolute atomic E-state index is 0.0310. The largest absolute Gasteiger partial charge is 0.451 e. The van der Waals surface area contributed by atoms with Gasteiger partial charge in [-0.3, -0.25) is 4.79 Å². The van der Waals surface area contributed by atoms with Crippen LogP contribution in [0.1, 0.15) is 48.0 Å². The van der Waals surface area contributed by atoms with E-state index in [1.165, 1.54) is 0 Å². The summed E-state index contributed by atoms with van der Waals surface area (Å²) in [6, 6.07) is 7.93. The van der Waals surface area contributed by atoms with Gasteiger partial charge in [-0.25, -0.2) is 4.79 Å². The van der Waals surface area contributed by atoms with Gasteiger partial charge in [-0.05, 0) is 44.4 Å². The third kappa shape index (κ3) is 2.29. The molecule has 2 fully saturated rings. The van der Waals surface area contributed by atoms with Crippen molar-refractivity contribution in [2.45, 2.75) is 49.8 Å². The maximum atomic E-state index is 12.7. The standard InChI is InChI=1S/C21H25N3O3/c22-19(26)20(17-16-6-3-12-24(16)13-11-23-17)7-9-21(10-8-20)15-5-2-1-4-14(15)18(25)27-21/h1-5,12,16-17,23H,6-11,13H2,(H2,22,26). The fourth-order valence-corrected chi connectivity index (χ4v) is 5.73. The molecule has 1 saturated heterocycles. The minimum Gasteiger partial charge on any atom is -0.451 e. The highest BCUT2D eigenvalue weighted by Crippen LogP contribution is 2.53. The average Bonchev–Trinajstić information content (AvgIpc) is 3.26. The van der Waals surface area contributed by atoms with Gasteiger partial charge in [0.25, 0.3) is 0 Å². The van der Waals surface area contributed by atoms with Gasteiger partial charge in [0.2, 0.25) is 5.91 Å². The number of fused-ring (bicyclic) bond motifs is 3. The van der Waals surface area contributed by atoms with Gasteiger partial charge in [0.05, 0.1) is 11.0 Å². The van der Waals surface area contributed by atoms with Crippen molar-refractivity contribution in [2.75, 3.05) is 13.1 Å². The van der Waals surface area contributed by atoms with Crippen LogP contribution in [0.2, 0.25) is 0 Å². The SMILES string of the molecule is NC(=O)C1(C2NCCN3C=CCC23)CCC2(CC1)OC(=O)c1ccccc12. The molecule has 5 rings (SSSR count). The summed E-state index contributed by atoms with van der Waals surface area (Å²) in [5.41, 5.74) is 6.42. The fraction of sp³-hybridized carbons (Fsp3) is 0.524. The first-order valence-electron chi connectivity index (χ1n) is 9.84. The molecule has 4 aliphatic rings. The Kier molecular flexibility index (Phi) is 3.63. The normalized spacial score (nSPS) is 37.2. The maximum Gasteiger partial charge on any atom is 0.339 e. The van der Waals surface area contributed by atoms with Crippen molar-refractivity contribution in [2.24, 2.45) is 11.1 Å². The minimum atomic E-state index is -0.607. The van der Waals surface area contributed by atoms with Crippen molar-refractivity contribution in [1.29, 1.82) is 0 Å². The second-order valence-electron chi connectivity index (χ2n) is 8.31. The third-order valence-corrected chi connectivity index (χ3v) is 7.18. The third-order valence-electron chi connectivity index (χ3n) is 7.18. The van der Waals surface area contributed by atoms with Gasteiger partial charge in [0, 0.05) is 30.7 Å². The van der Waals surface area contributed by atoms with Crippen molar-refractivity contribution >= 4 is 11.9 Å². The lowest BCUT2D eigenvalue weighted by atomic mass is 9.61. The first-order valence-corrected chi connectivity index (χ1v) is 9.84. The molecule has 3 aliphatic heterocycles. The van der Waals surface area contributed by atoms with Crippen LogP contribution in [0.15, 0.2) is 36.5 Å². The highest BCUT2D eigenvalue weighted by Gasteiger charge is 2.57. The zero-order chi connectivity index (χ0) is 18.6. The molecule has 0 radical (unpaired) electrons. The van der Waals surface area contributed by atoms with Gasteiger partial charge in [-0.1, -0.05) is 24.3 Å². The molecule has 6 heteroatoms. The molecule has 1 aromatic carbocycles. The molecule has 2 unspecified atom stereocenters. The smallest absolute Gasteiger partial charge is 0.339 e. The van der Waals surface area contributed by atoms with Crippen LogP contribution in [0.25, 0.3) is 0 Å². The molecule has 3 N–H and O–H groups in total. The Morgan fingerprint density at radius 1 is 1.22 bits per heavy atom. The number of nitrogens with zero attached hydrogens (tertiary/aromatic N) is 1. The summed E-state index contributed by atoms with van der Waals surface area (Å²) >= 11 is 0. The van der Waals surface area contributed by atoms with Crippen molar-refractivity contribution in [3.8, 4) is 0 Å². The molecule has 1 aromatic rings. The average molecular weight is 367 g/mol. The highest BCUT2D eigenvalue weighted by atomic mass is 16.6. The predicted molar refractivity (Wildman–Crippen MR) is 99.7 cm³/mol. The predicted octanol–water partition coefficient (Wildman–Crippen LogP) is 1.66. The zero-order valence-corrected chi connectivity index (χ0v) is 15.3. The molecular weight excluding hydrogens is 342 g/mol. The second-order valence-corrected chi connectivity index (χ2v) is 8.31. The number of amides is 1. The molecule has 3 heterocycles. The maximum absolute atomic E-state index is 12.7. The first-order chi connectivity index (χ1) is 13.1. The summed E-state index contributed by atoms with van der Waals surface area (Å²) in [5, 5.41) is 3.60. The molecule has 1 spiro atoms. The Labute approximate surface area is 158 Å². The number of ether oxygens (including phenoxy) is 1. The van der Waals surface area contributed by atoms with E-state index in [2.05, 4.69) is 22.5 Å². The van der Waals surface area contributed by atoms with Gasteiger partial charge in [0.15, 0.2) is 0 Å². The van der Waals surface area contributed by atoms with Crippen LogP contribution in [0.4, 0.5) is 0 Å². The number of esters is 1. The lowest BCUT2D eigenvalue weighted by Crippen LogP contribution is -2.66. The Morgan fingerprint density at radius 3 is 2.78 bits per heavy atom. The number of piperazine rings is 1. The molecule has 1 amide bonds. The van der Waals surface area contributed by atoms with Crippen LogP contribution in [0.5, 0.6) is 0 Å². The number of hydrogen-bond acceptors (Lipinski definition) is 5. The van der Waals surface area contributed by atoms with Gasteiger partial charge >= 0.3 is 5.97 Å². The van der Waals surface area contributed by atoms with Gasteiger partial charge < -0.3 is 20.7 Å². The van der Waals surface area contributed by atoms with Gasteiger partial charge in [0.1, 0.15) is 5.60 Å². The number of nitrogens with two attached hydrogens (primary N) is 1. The number of carbonyl (C=O) groups is 2. The van der Waals surface area contributed by atoms with E-state index < -0.39 is 11.0 Å². The van der Waals surface area contributed by atoms with Crippen LogP contribution in [-0.2, 0) is 15.1 Å². The molecule has 2 atom stereocenters. The summed E-state index contributed by atoms with van der Waals surface area (Å²) in [7, 11) is 0. The second kappa shape index (κ2) is 5.83. The summed E-state index contributed by atoms with van der Waals surface area (Å²) < 4.78 is 5.87. The van der Waals surface area contributed by atoms with E-state index >= 15 is 0 Å². The number of primary amides is 1. The van der Waals surface area contributed by atoms with E-state index in [-0.39, 0.29) is 24.0 Å². The summed E-state index contributed by atoms with van der Waals surface area (Å²) in [6.07, 6.45) is 7.80. The van der Waals surface area contributed by atoms with Gasteiger partial charge in [-0.2, -0.15) is 0 Å². The number of rotatable bonds is 2. The zero-order valence-electron chi connectivity index (χ0n) is 15.3. The van der Waals surface area contributed by atoms with Gasteiger partial charge in [-0.15, -0.1) is 0 Å². The lowest BCUT2D eigenvalue weighted by Gasteiger charge is -2.51. The van der Waals surface area contributed by atoms with Crippen LogP contribution in [-0.4, -0.2) is 41.9 Å². The molecular formula is C21H25N3O3. The summed E-state index contributed by atoms with van der Waals surface area (Å²) in [6.45, 7) is 1.81. The first kappa shape index (κ1) is 16.8. The molecule has 142 valence electrons. The Balaban J connectivity index is 1.45. The quantitative estimate of drug-likeness (QED) is 0.777. The van der Waals surface area contributed by atoms with E-state index in [1.54, 1.807) is 0 Å². The molecule has 0 bridgehead atoms.